The molecule has 1 atom stereocenters. The van der Waals surface area contributed by atoms with Gasteiger partial charge in [-0.3, -0.25) is 4.79 Å². The highest BCUT2D eigenvalue weighted by atomic mass is 19.1. The van der Waals surface area contributed by atoms with E-state index in [4.69, 9.17) is 0 Å². The van der Waals surface area contributed by atoms with Crippen LogP contribution in [0.25, 0.3) is 0 Å². The van der Waals surface area contributed by atoms with Gasteiger partial charge >= 0.3 is 0 Å². The Kier molecular flexibility index (Phi) is 4.20. The van der Waals surface area contributed by atoms with Gasteiger partial charge in [-0.1, -0.05) is 0 Å². The second-order valence-corrected chi connectivity index (χ2v) is 5.44. The molecule has 0 spiro atoms. The first-order valence-corrected chi connectivity index (χ1v) is 6.71. The average Bonchev–Trinajstić information content (AvgIpc) is 2.40. The van der Waals surface area contributed by atoms with Crippen molar-refractivity contribution in [2.24, 2.45) is 0 Å². The molecule has 2 rings (SSSR count). The van der Waals surface area contributed by atoms with E-state index >= 15 is 0 Å². The molecule has 1 aromatic rings. The van der Waals surface area contributed by atoms with E-state index in [-0.39, 0.29) is 17.8 Å². The molecule has 104 valence electrons. The number of hydrogen-bond donors (Lipinski definition) is 0. The topological polar surface area (TPSA) is 23.6 Å². The van der Waals surface area contributed by atoms with Gasteiger partial charge in [-0.05, 0) is 57.1 Å². The van der Waals surface area contributed by atoms with E-state index in [9.17, 15) is 9.18 Å². The number of benzene rings is 1. The number of piperidine rings is 1. The first kappa shape index (κ1) is 14.0. The maximum Gasteiger partial charge on any atom is 0.253 e. The highest BCUT2D eigenvalue weighted by molar-refractivity contribution is 5.94. The maximum absolute atomic E-state index is 13.2. The molecule has 4 heteroatoms. The second-order valence-electron chi connectivity index (χ2n) is 5.44. The number of carbonyl (C=O) groups is 1. The van der Waals surface area contributed by atoms with Crippen molar-refractivity contribution in [2.75, 3.05) is 27.2 Å². The molecular formula is C15H21FN2O. The molecular weight excluding hydrogens is 243 g/mol. The molecule has 19 heavy (non-hydrogen) atoms. The maximum atomic E-state index is 13.2. The first-order chi connectivity index (χ1) is 8.99. The van der Waals surface area contributed by atoms with Crippen LogP contribution < -0.4 is 0 Å². The normalized spacial score (nSPS) is 20.3. The number of halogens is 1. The molecule has 1 aliphatic heterocycles. The number of aryl methyl sites for hydroxylation is 1. The van der Waals surface area contributed by atoms with Crippen LogP contribution in [-0.2, 0) is 0 Å². The molecule has 0 N–H and O–H groups in total. The highest BCUT2D eigenvalue weighted by Crippen LogP contribution is 2.17. The second kappa shape index (κ2) is 5.70. The number of amides is 1. The van der Waals surface area contributed by atoms with E-state index in [2.05, 4.69) is 11.9 Å². The van der Waals surface area contributed by atoms with Gasteiger partial charge in [-0.2, -0.15) is 0 Å². The SMILES string of the molecule is Cc1cc(C(=O)N(C)C2CCCN(C)C2)ccc1F. The van der Waals surface area contributed by atoms with Crippen molar-refractivity contribution < 1.29 is 9.18 Å². The molecule has 0 radical (unpaired) electrons. The summed E-state index contributed by atoms with van der Waals surface area (Å²) in [6, 6.07) is 4.80. The molecule has 1 aliphatic rings. The Morgan fingerprint density at radius 2 is 2.21 bits per heavy atom. The van der Waals surface area contributed by atoms with E-state index in [1.807, 2.05) is 7.05 Å². The third-order valence-corrected chi connectivity index (χ3v) is 3.87. The van der Waals surface area contributed by atoms with Crippen LogP contribution >= 0.6 is 0 Å². The average molecular weight is 264 g/mol. The number of nitrogens with zero attached hydrogens (tertiary/aromatic N) is 2. The number of likely N-dealkylation sites (N-methyl/N-ethyl adjacent to an activating group) is 2. The van der Waals surface area contributed by atoms with Gasteiger partial charge < -0.3 is 9.80 Å². The lowest BCUT2D eigenvalue weighted by atomic mass is 10.0. The smallest absolute Gasteiger partial charge is 0.253 e. The van der Waals surface area contributed by atoms with Crippen LogP contribution in [-0.4, -0.2) is 48.9 Å². The fourth-order valence-corrected chi connectivity index (χ4v) is 2.60. The van der Waals surface area contributed by atoms with Crippen molar-refractivity contribution in [3.05, 3.63) is 35.1 Å². The first-order valence-electron chi connectivity index (χ1n) is 6.71. The van der Waals surface area contributed by atoms with Gasteiger partial charge in [0.2, 0.25) is 0 Å². The van der Waals surface area contributed by atoms with Gasteiger partial charge in [-0.15, -0.1) is 0 Å². The van der Waals surface area contributed by atoms with Gasteiger partial charge in [0.1, 0.15) is 5.82 Å². The van der Waals surface area contributed by atoms with Crippen molar-refractivity contribution in [1.29, 1.82) is 0 Å². The minimum absolute atomic E-state index is 0.0246. The number of rotatable bonds is 2. The van der Waals surface area contributed by atoms with Gasteiger partial charge in [0.25, 0.3) is 5.91 Å². The summed E-state index contributed by atoms with van der Waals surface area (Å²) in [5.41, 5.74) is 1.08. The van der Waals surface area contributed by atoms with Crippen LogP contribution in [0.1, 0.15) is 28.8 Å². The summed E-state index contributed by atoms with van der Waals surface area (Å²) in [4.78, 5) is 16.4. The van der Waals surface area contributed by atoms with Crippen LogP contribution in [0.5, 0.6) is 0 Å². The molecule has 0 bridgehead atoms. The van der Waals surface area contributed by atoms with Crippen LogP contribution in [0.4, 0.5) is 4.39 Å². The molecule has 1 aromatic carbocycles. The number of hydrogen-bond acceptors (Lipinski definition) is 2. The lowest BCUT2D eigenvalue weighted by Crippen LogP contribution is -2.47. The van der Waals surface area contributed by atoms with Crippen molar-refractivity contribution in [3.63, 3.8) is 0 Å². The molecule has 1 fully saturated rings. The molecule has 0 aromatic heterocycles. The summed E-state index contributed by atoms with van der Waals surface area (Å²) in [5, 5.41) is 0. The number of carbonyl (C=O) groups excluding carboxylic acids is 1. The van der Waals surface area contributed by atoms with Crippen molar-refractivity contribution in [3.8, 4) is 0 Å². The Bertz CT molecular complexity index is 475. The molecule has 0 aliphatic carbocycles. The van der Waals surface area contributed by atoms with Crippen LogP contribution in [0.15, 0.2) is 18.2 Å². The van der Waals surface area contributed by atoms with Gasteiger partial charge in [0, 0.05) is 25.2 Å². The lowest BCUT2D eigenvalue weighted by Gasteiger charge is -2.35. The fourth-order valence-electron chi connectivity index (χ4n) is 2.60. The lowest BCUT2D eigenvalue weighted by molar-refractivity contribution is 0.0644. The molecule has 3 nitrogen and oxygen atoms in total. The van der Waals surface area contributed by atoms with E-state index in [0.29, 0.717) is 11.1 Å². The van der Waals surface area contributed by atoms with Crippen LogP contribution in [0.3, 0.4) is 0 Å². The zero-order valence-corrected chi connectivity index (χ0v) is 11.8. The van der Waals surface area contributed by atoms with E-state index in [1.54, 1.807) is 24.0 Å². The Morgan fingerprint density at radius 3 is 2.84 bits per heavy atom. The monoisotopic (exact) mass is 264 g/mol. The van der Waals surface area contributed by atoms with Gasteiger partial charge in [0.15, 0.2) is 0 Å². The van der Waals surface area contributed by atoms with E-state index in [1.165, 1.54) is 6.07 Å². The van der Waals surface area contributed by atoms with Crippen molar-refractivity contribution in [2.45, 2.75) is 25.8 Å². The Hall–Kier alpha value is -1.42. The molecule has 1 amide bonds. The summed E-state index contributed by atoms with van der Waals surface area (Å²) in [7, 11) is 3.91. The minimum atomic E-state index is -0.267. The molecule has 1 unspecified atom stereocenters. The zero-order chi connectivity index (χ0) is 14.0. The van der Waals surface area contributed by atoms with E-state index in [0.717, 1.165) is 25.9 Å². The van der Waals surface area contributed by atoms with Crippen LogP contribution in [0, 0.1) is 12.7 Å². The van der Waals surface area contributed by atoms with Gasteiger partial charge in [0.05, 0.1) is 0 Å². The Balaban J connectivity index is 2.11. The van der Waals surface area contributed by atoms with Crippen LogP contribution in [0.2, 0.25) is 0 Å². The number of likely N-dealkylation sites (tertiary alicyclic amines) is 1. The minimum Gasteiger partial charge on any atom is -0.337 e. The third kappa shape index (κ3) is 3.13. The predicted octanol–water partition coefficient (Wildman–Crippen LogP) is 2.30. The van der Waals surface area contributed by atoms with Crippen molar-refractivity contribution >= 4 is 5.91 Å². The zero-order valence-electron chi connectivity index (χ0n) is 11.8. The van der Waals surface area contributed by atoms with E-state index < -0.39 is 0 Å². The quantitative estimate of drug-likeness (QED) is 0.818. The fraction of sp³-hybridized carbons (Fsp3) is 0.533. The Labute approximate surface area is 114 Å². The van der Waals surface area contributed by atoms with Gasteiger partial charge in [-0.25, -0.2) is 4.39 Å². The summed E-state index contributed by atoms with van der Waals surface area (Å²) in [6.45, 7) is 3.68. The largest absolute Gasteiger partial charge is 0.337 e. The summed E-state index contributed by atoms with van der Waals surface area (Å²) in [5.74, 6) is -0.292. The standard InChI is InChI=1S/C15H21FN2O/c1-11-9-12(6-7-14(11)16)15(19)18(3)13-5-4-8-17(2)10-13/h6-7,9,13H,4-5,8,10H2,1-3H3. The summed E-state index contributed by atoms with van der Waals surface area (Å²) >= 11 is 0. The Morgan fingerprint density at radius 1 is 1.47 bits per heavy atom. The summed E-state index contributed by atoms with van der Waals surface area (Å²) in [6.07, 6.45) is 2.15. The third-order valence-electron chi connectivity index (χ3n) is 3.87. The summed E-state index contributed by atoms with van der Waals surface area (Å²) < 4.78 is 13.2. The highest BCUT2D eigenvalue weighted by Gasteiger charge is 2.25. The molecule has 1 heterocycles. The molecule has 0 saturated carbocycles. The molecule has 1 saturated heterocycles. The predicted molar refractivity (Wildman–Crippen MR) is 73.7 cm³/mol. The van der Waals surface area contributed by atoms with Crippen molar-refractivity contribution in [1.82, 2.24) is 9.80 Å².